The van der Waals surface area contributed by atoms with Crippen molar-refractivity contribution < 1.29 is 19.3 Å². The lowest BCUT2D eigenvalue weighted by atomic mass is 10.0. The summed E-state index contributed by atoms with van der Waals surface area (Å²) in [6.45, 7) is 3.60. The first-order chi connectivity index (χ1) is 11.5. The number of nitrogens with one attached hydrogen (secondary N) is 1. The SMILES string of the molecule is CO/N=C(C)\C(C)=N/OCc1ccccc1/C(=N/OC)C(=O)NN. The van der Waals surface area contributed by atoms with E-state index >= 15 is 0 Å². The molecule has 130 valence electrons. The van der Waals surface area contributed by atoms with Crippen LogP contribution in [-0.2, 0) is 25.9 Å². The highest BCUT2D eigenvalue weighted by Crippen LogP contribution is 2.12. The summed E-state index contributed by atoms with van der Waals surface area (Å²) >= 11 is 0. The zero-order valence-electron chi connectivity index (χ0n) is 14.1. The molecule has 3 N–H and O–H groups in total. The van der Waals surface area contributed by atoms with Crippen LogP contribution in [0, 0.1) is 0 Å². The van der Waals surface area contributed by atoms with Gasteiger partial charge in [-0.1, -0.05) is 39.7 Å². The van der Waals surface area contributed by atoms with Crippen LogP contribution < -0.4 is 11.3 Å². The third kappa shape index (κ3) is 5.36. The molecule has 0 fully saturated rings. The fraction of sp³-hybridized carbons (Fsp3) is 0.333. The number of nitrogens with two attached hydrogens (primary N) is 1. The maximum Gasteiger partial charge on any atom is 0.287 e. The number of benzene rings is 1. The minimum Gasteiger partial charge on any atom is -0.399 e. The van der Waals surface area contributed by atoms with Crippen molar-refractivity contribution in [2.45, 2.75) is 20.5 Å². The number of nitrogens with zero attached hydrogens (tertiary/aromatic N) is 3. The van der Waals surface area contributed by atoms with Gasteiger partial charge in [0.1, 0.15) is 32.2 Å². The fourth-order valence-corrected chi connectivity index (χ4v) is 1.72. The molecule has 24 heavy (non-hydrogen) atoms. The highest BCUT2D eigenvalue weighted by Gasteiger charge is 2.17. The van der Waals surface area contributed by atoms with Crippen LogP contribution in [0.15, 0.2) is 39.7 Å². The Morgan fingerprint density at radius 3 is 2.33 bits per heavy atom. The summed E-state index contributed by atoms with van der Waals surface area (Å²) < 4.78 is 0. The Bertz CT molecular complexity index is 655. The van der Waals surface area contributed by atoms with Gasteiger partial charge in [0.05, 0.1) is 0 Å². The number of hydrogen-bond acceptors (Lipinski definition) is 8. The third-order valence-electron chi connectivity index (χ3n) is 2.97. The van der Waals surface area contributed by atoms with Gasteiger partial charge in [-0.15, -0.1) is 0 Å². The van der Waals surface area contributed by atoms with E-state index in [9.17, 15) is 4.79 Å². The van der Waals surface area contributed by atoms with Gasteiger partial charge in [0.25, 0.3) is 5.91 Å². The average Bonchev–Trinajstić information content (AvgIpc) is 2.59. The summed E-state index contributed by atoms with van der Waals surface area (Å²) in [5.41, 5.74) is 4.45. The van der Waals surface area contributed by atoms with Crippen LogP contribution in [0.5, 0.6) is 0 Å². The monoisotopic (exact) mass is 335 g/mol. The molecular weight excluding hydrogens is 314 g/mol. The van der Waals surface area contributed by atoms with Crippen LogP contribution >= 0.6 is 0 Å². The minimum atomic E-state index is -0.577. The summed E-state index contributed by atoms with van der Waals surface area (Å²) in [7, 11) is 2.79. The van der Waals surface area contributed by atoms with Crippen LogP contribution in [0.4, 0.5) is 0 Å². The zero-order valence-corrected chi connectivity index (χ0v) is 14.1. The maximum absolute atomic E-state index is 11.9. The van der Waals surface area contributed by atoms with E-state index in [1.807, 2.05) is 5.43 Å². The van der Waals surface area contributed by atoms with E-state index in [2.05, 4.69) is 20.3 Å². The van der Waals surface area contributed by atoms with Crippen molar-refractivity contribution in [2.75, 3.05) is 14.2 Å². The highest BCUT2D eigenvalue weighted by molar-refractivity contribution is 6.45. The van der Waals surface area contributed by atoms with Gasteiger partial charge in [-0.25, -0.2) is 5.84 Å². The number of oxime groups is 3. The lowest BCUT2D eigenvalue weighted by Gasteiger charge is -2.10. The molecule has 1 rings (SSSR count). The molecule has 1 aromatic carbocycles. The molecule has 0 radical (unpaired) electrons. The van der Waals surface area contributed by atoms with Gasteiger partial charge in [0.15, 0.2) is 5.71 Å². The van der Waals surface area contributed by atoms with Crippen LogP contribution in [0.3, 0.4) is 0 Å². The lowest BCUT2D eigenvalue weighted by Crippen LogP contribution is -2.37. The molecule has 0 aliphatic heterocycles. The first kappa shape index (κ1) is 19.1. The van der Waals surface area contributed by atoms with Gasteiger partial charge in [-0.3, -0.25) is 10.2 Å². The van der Waals surface area contributed by atoms with Crippen LogP contribution in [0.1, 0.15) is 25.0 Å². The number of hydrogen-bond donors (Lipinski definition) is 2. The Kier molecular flexibility index (Phi) is 7.92. The number of carbonyl (C=O) groups excluding carboxylic acids is 1. The van der Waals surface area contributed by atoms with E-state index in [0.717, 1.165) is 0 Å². The first-order valence-corrected chi connectivity index (χ1v) is 7.00. The minimum absolute atomic E-state index is 0.0389. The molecule has 0 heterocycles. The van der Waals surface area contributed by atoms with Gasteiger partial charge in [-0.2, -0.15) is 0 Å². The van der Waals surface area contributed by atoms with Crippen molar-refractivity contribution in [3.8, 4) is 0 Å². The Hall–Kier alpha value is -2.94. The predicted octanol–water partition coefficient (Wildman–Crippen LogP) is 0.942. The fourth-order valence-electron chi connectivity index (χ4n) is 1.72. The Morgan fingerprint density at radius 2 is 1.71 bits per heavy atom. The molecule has 1 amide bonds. The zero-order chi connectivity index (χ0) is 17.9. The molecule has 0 saturated heterocycles. The van der Waals surface area contributed by atoms with E-state index in [-0.39, 0.29) is 12.3 Å². The number of hydrazine groups is 1. The molecule has 0 unspecified atom stereocenters. The Balaban J connectivity index is 2.99. The maximum atomic E-state index is 11.9. The third-order valence-corrected chi connectivity index (χ3v) is 2.97. The van der Waals surface area contributed by atoms with Gasteiger partial charge < -0.3 is 14.5 Å². The Labute approximate surface area is 140 Å². The van der Waals surface area contributed by atoms with Crippen molar-refractivity contribution >= 4 is 23.0 Å². The Morgan fingerprint density at radius 1 is 1.08 bits per heavy atom. The van der Waals surface area contributed by atoms with Gasteiger partial charge in [-0.05, 0) is 13.8 Å². The van der Waals surface area contributed by atoms with E-state index < -0.39 is 5.91 Å². The van der Waals surface area contributed by atoms with Crippen molar-refractivity contribution in [1.82, 2.24) is 5.43 Å². The standard InChI is InChI=1S/C15H21N5O4/c1-10(18-22-3)11(2)19-24-9-12-7-5-6-8-13(12)14(20-23-4)15(21)17-16/h5-8H,9,16H2,1-4H3,(H,17,21)/b18-10-,19-11-,20-14-. The van der Waals surface area contributed by atoms with Crippen molar-refractivity contribution in [2.24, 2.45) is 21.3 Å². The highest BCUT2D eigenvalue weighted by atomic mass is 16.6. The summed E-state index contributed by atoms with van der Waals surface area (Å²) in [6.07, 6.45) is 0. The first-order valence-electron chi connectivity index (χ1n) is 7.00. The molecule has 0 aliphatic rings. The van der Waals surface area contributed by atoms with Gasteiger partial charge >= 0.3 is 0 Å². The van der Waals surface area contributed by atoms with E-state index in [0.29, 0.717) is 22.6 Å². The second-order valence-corrected chi connectivity index (χ2v) is 4.56. The quantitative estimate of drug-likeness (QED) is 0.317. The van der Waals surface area contributed by atoms with Crippen LogP contribution in [-0.4, -0.2) is 37.3 Å². The van der Waals surface area contributed by atoms with Crippen molar-refractivity contribution in [1.29, 1.82) is 0 Å². The molecule has 0 atom stereocenters. The molecule has 0 spiro atoms. The lowest BCUT2D eigenvalue weighted by molar-refractivity contribution is -0.114. The van der Waals surface area contributed by atoms with Gasteiger partial charge in [0, 0.05) is 11.1 Å². The average molecular weight is 335 g/mol. The van der Waals surface area contributed by atoms with Crippen molar-refractivity contribution in [3.05, 3.63) is 35.4 Å². The normalized spacial score (nSPS) is 12.6. The second kappa shape index (κ2) is 9.95. The summed E-state index contributed by atoms with van der Waals surface area (Å²) in [4.78, 5) is 26.6. The molecule has 0 bridgehead atoms. The molecule has 1 aromatic rings. The largest absolute Gasteiger partial charge is 0.399 e. The van der Waals surface area contributed by atoms with E-state index in [1.54, 1.807) is 38.1 Å². The molecule has 9 nitrogen and oxygen atoms in total. The number of amides is 1. The summed E-state index contributed by atoms with van der Waals surface area (Å²) in [5, 5.41) is 11.4. The molecule has 0 aromatic heterocycles. The molecule has 9 heteroatoms. The topological polar surface area (TPSA) is 120 Å². The summed E-state index contributed by atoms with van der Waals surface area (Å²) in [6, 6.07) is 7.06. The second-order valence-electron chi connectivity index (χ2n) is 4.56. The molecule has 0 aliphatic carbocycles. The number of rotatable bonds is 8. The van der Waals surface area contributed by atoms with Crippen LogP contribution in [0.25, 0.3) is 0 Å². The summed E-state index contributed by atoms with van der Waals surface area (Å²) in [5.74, 6) is 4.60. The van der Waals surface area contributed by atoms with Crippen molar-refractivity contribution in [3.63, 3.8) is 0 Å². The molecule has 0 saturated carbocycles. The number of carbonyl (C=O) groups is 1. The van der Waals surface area contributed by atoms with Gasteiger partial charge in [0.2, 0.25) is 0 Å². The van der Waals surface area contributed by atoms with E-state index in [4.69, 9.17) is 15.5 Å². The predicted molar refractivity (Wildman–Crippen MR) is 90.3 cm³/mol. The smallest absolute Gasteiger partial charge is 0.287 e. The molecular formula is C15H21N5O4. The van der Waals surface area contributed by atoms with E-state index in [1.165, 1.54) is 14.2 Å². The van der Waals surface area contributed by atoms with Crippen LogP contribution in [0.2, 0.25) is 0 Å².